The number of aryl methyl sites for hydroxylation is 1. The molecule has 2 aromatic carbocycles. The summed E-state index contributed by atoms with van der Waals surface area (Å²) in [5, 5.41) is 10.8. The molecule has 2 aromatic heterocycles. The first kappa shape index (κ1) is 18.0. The number of furan rings is 1. The van der Waals surface area contributed by atoms with Crippen LogP contribution in [0.5, 0.6) is 0 Å². The Bertz CT molecular complexity index is 1220. The number of fused-ring (bicyclic) bond motifs is 1. The standard InChI is InChI=1S/C23H16ClNO3/c1-14-4-2-7-19-20(23(26)27)13-17(25-22(14)19)8-9-18-10-11-21(28-18)15-5-3-6-16(24)12-15/h2-13H,1H3,(H,26,27)/b9-8+. The van der Waals surface area contributed by atoms with Gasteiger partial charge in [-0.3, -0.25) is 0 Å². The third-order valence-corrected chi connectivity index (χ3v) is 4.68. The molecule has 2 heterocycles. The molecule has 0 unspecified atom stereocenters. The van der Waals surface area contributed by atoms with Crippen molar-refractivity contribution in [3.63, 3.8) is 0 Å². The average molecular weight is 390 g/mol. The number of nitrogens with zero attached hydrogens (tertiary/aromatic N) is 1. The molecule has 4 rings (SSSR count). The van der Waals surface area contributed by atoms with Crippen LogP contribution in [0.2, 0.25) is 5.02 Å². The molecule has 4 nitrogen and oxygen atoms in total. The fraction of sp³-hybridized carbons (Fsp3) is 0.0435. The highest BCUT2D eigenvalue weighted by atomic mass is 35.5. The number of carboxylic acids is 1. The van der Waals surface area contributed by atoms with E-state index in [0.29, 0.717) is 33.1 Å². The van der Waals surface area contributed by atoms with Crippen molar-refractivity contribution in [2.45, 2.75) is 6.92 Å². The van der Waals surface area contributed by atoms with E-state index in [1.165, 1.54) is 0 Å². The second kappa shape index (κ2) is 7.33. The number of pyridine rings is 1. The van der Waals surface area contributed by atoms with Crippen LogP contribution in [-0.4, -0.2) is 16.1 Å². The number of benzene rings is 2. The molecule has 5 heteroatoms. The molecular formula is C23H16ClNO3. The number of para-hydroxylation sites is 1. The van der Waals surface area contributed by atoms with Crippen LogP contribution in [-0.2, 0) is 0 Å². The minimum absolute atomic E-state index is 0.229. The molecule has 0 saturated heterocycles. The number of hydrogen-bond donors (Lipinski definition) is 1. The average Bonchev–Trinajstić information content (AvgIpc) is 3.15. The van der Waals surface area contributed by atoms with Gasteiger partial charge in [-0.05, 0) is 55.0 Å². The molecule has 0 radical (unpaired) electrons. The lowest BCUT2D eigenvalue weighted by molar-refractivity contribution is 0.0699. The Morgan fingerprint density at radius 2 is 1.89 bits per heavy atom. The molecule has 0 fully saturated rings. The van der Waals surface area contributed by atoms with Gasteiger partial charge in [0.1, 0.15) is 11.5 Å². The van der Waals surface area contributed by atoms with Gasteiger partial charge in [0.05, 0.1) is 16.8 Å². The van der Waals surface area contributed by atoms with Gasteiger partial charge in [-0.15, -0.1) is 0 Å². The van der Waals surface area contributed by atoms with Crippen LogP contribution in [0.4, 0.5) is 0 Å². The zero-order chi connectivity index (χ0) is 19.7. The van der Waals surface area contributed by atoms with Crippen LogP contribution in [0.3, 0.4) is 0 Å². The fourth-order valence-electron chi connectivity index (χ4n) is 3.08. The summed E-state index contributed by atoms with van der Waals surface area (Å²) in [6.07, 6.45) is 3.52. The predicted octanol–water partition coefficient (Wildman–Crippen LogP) is 6.33. The van der Waals surface area contributed by atoms with Crippen molar-refractivity contribution in [1.82, 2.24) is 4.98 Å². The molecule has 0 bridgehead atoms. The van der Waals surface area contributed by atoms with Gasteiger partial charge in [0.25, 0.3) is 0 Å². The van der Waals surface area contributed by atoms with Crippen LogP contribution < -0.4 is 0 Å². The highest BCUT2D eigenvalue weighted by molar-refractivity contribution is 6.30. The van der Waals surface area contributed by atoms with E-state index in [1.807, 2.05) is 55.5 Å². The van der Waals surface area contributed by atoms with Crippen molar-refractivity contribution >= 4 is 40.6 Å². The topological polar surface area (TPSA) is 63.3 Å². The molecule has 0 aliphatic heterocycles. The molecule has 0 spiro atoms. The van der Waals surface area contributed by atoms with Crippen molar-refractivity contribution in [1.29, 1.82) is 0 Å². The van der Waals surface area contributed by atoms with E-state index in [0.717, 1.165) is 11.1 Å². The maximum absolute atomic E-state index is 11.7. The molecule has 4 aromatic rings. The first-order valence-electron chi connectivity index (χ1n) is 8.69. The van der Waals surface area contributed by atoms with Crippen LogP contribution in [0.15, 0.2) is 65.1 Å². The Labute approximate surface area is 166 Å². The zero-order valence-electron chi connectivity index (χ0n) is 15.0. The van der Waals surface area contributed by atoms with Crippen LogP contribution in [0.1, 0.15) is 27.4 Å². The number of rotatable bonds is 4. The summed E-state index contributed by atoms with van der Waals surface area (Å²) in [6.45, 7) is 1.91. The second-order valence-corrected chi connectivity index (χ2v) is 6.85. The van der Waals surface area contributed by atoms with Gasteiger partial charge < -0.3 is 9.52 Å². The maximum Gasteiger partial charge on any atom is 0.336 e. The summed E-state index contributed by atoms with van der Waals surface area (Å²) in [4.78, 5) is 16.3. The Morgan fingerprint density at radius 1 is 1.07 bits per heavy atom. The Kier molecular flexibility index (Phi) is 4.72. The Balaban J connectivity index is 1.69. The number of halogens is 1. The summed E-state index contributed by atoms with van der Waals surface area (Å²) < 4.78 is 5.85. The SMILES string of the molecule is Cc1cccc2c(C(=O)O)cc(/C=C/c3ccc(-c4cccc(Cl)c4)o3)nc12. The van der Waals surface area contributed by atoms with Gasteiger partial charge in [-0.2, -0.15) is 0 Å². The smallest absolute Gasteiger partial charge is 0.336 e. The van der Waals surface area contributed by atoms with Crippen molar-refractivity contribution in [2.75, 3.05) is 0 Å². The van der Waals surface area contributed by atoms with Crippen molar-refractivity contribution in [2.24, 2.45) is 0 Å². The van der Waals surface area contributed by atoms with Gasteiger partial charge in [0.2, 0.25) is 0 Å². The molecule has 0 saturated carbocycles. The minimum atomic E-state index is -0.978. The van der Waals surface area contributed by atoms with E-state index in [1.54, 1.807) is 24.3 Å². The van der Waals surface area contributed by atoms with Gasteiger partial charge in [-0.1, -0.05) is 41.9 Å². The third-order valence-electron chi connectivity index (χ3n) is 4.45. The number of hydrogen-bond acceptors (Lipinski definition) is 3. The molecule has 1 N–H and O–H groups in total. The van der Waals surface area contributed by atoms with Gasteiger partial charge in [0, 0.05) is 16.0 Å². The zero-order valence-corrected chi connectivity index (χ0v) is 15.8. The van der Waals surface area contributed by atoms with E-state index < -0.39 is 5.97 Å². The van der Waals surface area contributed by atoms with Gasteiger partial charge >= 0.3 is 5.97 Å². The van der Waals surface area contributed by atoms with Crippen LogP contribution in [0, 0.1) is 6.92 Å². The van der Waals surface area contributed by atoms with E-state index in [9.17, 15) is 9.90 Å². The lowest BCUT2D eigenvalue weighted by atomic mass is 10.0. The second-order valence-electron chi connectivity index (χ2n) is 6.42. The lowest BCUT2D eigenvalue weighted by Gasteiger charge is -2.06. The molecule has 0 atom stereocenters. The van der Waals surface area contributed by atoms with Crippen molar-refractivity contribution in [3.8, 4) is 11.3 Å². The van der Waals surface area contributed by atoms with E-state index in [-0.39, 0.29) is 5.56 Å². The monoisotopic (exact) mass is 389 g/mol. The molecule has 0 aliphatic carbocycles. The minimum Gasteiger partial charge on any atom is -0.478 e. The first-order chi connectivity index (χ1) is 13.5. The first-order valence-corrected chi connectivity index (χ1v) is 9.06. The summed E-state index contributed by atoms with van der Waals surface area (Å²) >= 11 is 6.03. The fourth-order valence-corrected chi connectivity index (χ4v) is 3.27. The lowest BCUT2D eigenvalue weighted by Crippen LogP contribution is -2.01. The highest BCUT2D eigenvalue weighted by Crippen LogP contribution is 2.26. The summed E-state index contributed by atoms with van der Waals surface area (Å²) in [6, 6.07) is 18.2. The van der Waals surface area contributed by atoms with Crippen LogP contribution in [0.25, 0.3) is 34.4 Å². The van der Waals surface area contributed by atoms with E-state index in [4.69, 9.17) is 16.0 Å². The van der Waals surface area contributed by atoms with Gasteiger partial charge in [-0.25, -0.2) is 9.78 Å². The molecule has 0 aliphatic rings. The number of carbonyl (C=O) groups is 1. The van der Waals surface area contributed by atoms with E-state index >= 15 is 0 Å². The Morgan fingerprint density at radius 3 is 2.68 bits per heavy atom. The Hall–Kier alpha value is -3.37. The van der Waals surface area contributed by atoms with E-state index in [2.05, 4.69) is 4.98 Å². The quantitative estimate of drug-likeness (QED) is 0.443. The molecular weight excluding hydrogens is 374 g/mol. The summed E-state index contributed by atoms with van der Waals surface area (Å²) in [7, 11) is 0. The predicted molar refractivity (Wildman–Crippen MR) is 112 cm³/mol. The van der Waals surface area contributed by atoms with Crippen LogP contribution >= 0.6 is 11.6 Å². The normalized spacial score (nSPS) is 11.4. The molecule has 28 heavy (non-hydrogen) atoms. The highest BCUT2D eigenvalue weighted by Gasteiger charge is 2.12. The summed E-state index contributed by atoms with van der Waals surface area (Å²) in [5.41, 5.74) is 3.28. The third kappa shape index (κ3) is 3.55. The number of carboxylic acid groups (broad SMARTS) is 1. The largest absolute Gasteiger partial charge is 0.478 e. The molecule has 138 valence electrons. The van der Waals surface area contributed by atoms with Crippen molar-refractivity contribution in [3.05, 3.63) is 88.3 Å². The van der Waals surface area contributed by atoms with Crippen molar-refractivity contribution < 1.29 is 14.3 Å². The van der Waals surface area contributed by atoms with Gasteiger partial charge in [0.15, 0.2) is 0 Å². The maximum atomic E-state index is 11.7. The number of aromatic nitrogens is 1. The number of aromatic carboxylic acids is 1. The molecule has 0 amide bonds. The summed E-state index contributed by atoms with van der Waals surface area (Å²) in [5.74, 6) is 0.364.